The van der Waals surface area contributed by atoms with E-state index in [1.54, 1.807) is 9.58 Å². The van der Waals surface area contributed by atoms with Crippen molar-refractivity contribution < 1.29 is 14.3 Å². The largest absolute Gasteiger partial charge is 0.490 e. The number of aromatic nitrogens is 4. The Bertz CT molecular complexity index is 1130. The van der Waals surface area contributed by atoms with E-state index in [1.807, 2.05) is 59.5 Å². The molecule has 5 rings (SSSR count). The molecule has 2 aromatic carbocycles. The van der Waals surface area contributed by atoms with Gasteiger partial charge in [-0.15, -0.1) is 0 Å². The summed E-state index contributed by atoms with van der Waals surface area (Å²) in [7, 11) is 0. The van der Waals surface area contributed by atoms with Crippen LogP contribution in [0.4, 0.5) is 11.6 Å². The maximum Gasteiger partial charge on any atom is 0.250 e. The minimum atomic E-state index is -0.0558. The molecule has 0 unspecified atom stereocenters. The number of carbonyl (C=O) groups excluding carboxylic acids is 2. The van der Waals surface area contributed by atoms with Crippen molar-refractivity contribution in [2.45, 2.75) is 12.8 Å². The zero-order chi connectivity index (χ0) is 22.6. The monoisotopic (exact) mass is 447 g/mol. The molecule has 1 fully saturated rings. The number of benzene rings is 2. The van der Waals surface area contributed by atoms with E-state index in [0.29, 0.717) is 51.0 Å². The van der Waals surface area contributed by atoms with Crippen LogP contribution >= 0.6 is 0 Å². The van der Waals surface area contributed by atoms with Gasteiger partial charge >= 0.3 is 0 Å². The normalized spacial score (nSPS) is 15.7. The van der Waals surface area contributed by atoms with Gasteiger partial charge < -0.3 is 19.4 Å². The fraction of sp³-hybridized carbons (Fsp3) is 0.348. The summed E-state index contributed by atoms with van der Waals surface area (Å²) < 4.78 is 7.32. The fourth-order valence-corrected chi connectivity index (χ4v) is 4.21. The van der Waals surface area contributed by atoms with Gasteiger partial charge in [0, 0.05) is 39.0 Å². The summed E-state index contributed by atoms with van der Waals surface area (Å²) in [5.74, 6) is 1.30. The number of hydrogen-bond donors (Lipinski definition) is 0. The third-order valence-electron chi connectivity index (χ3n) is 5.95. The van der Waals surface area contributed by atoms with Crippen LogP contribution in [-0.2, 0) is 9.59 Å². The number of fused-ring (bicyclic) bond motifs is 1. The van der Waals surface area contributed by atoms with Crippen LogP contribution in [0.25, 0.3) is 5.69 Å². The number of hydrogen-bond acceptors (Lipinski definition) is 7. The number of anilines is 2. The molecule has 33 heavy (non-hydrogen) atoms. The second-order valence-electron chi connectivity index (χ2n) is 7.96. The van der Waals surface area contributed by atoms with Crippen LogP contribution in [0.1, 0.15) is 12.8 Å². The average Bonchev–Trinajstić information content (AvgIpc) is 3.37. The quantitative estimate of drug-likeness (QED) is 0.585. The molecule has 0 aliphatic carbocycles. The Morgan fingerprint density at radius 1 is 0.848 bits per heavy atom. The molecule has 10 nitrogen and oxygen atoms in total. The highest BCUT2D eigenvalue weighted by Crippen LogP contribution is 2.31. The summed E-state index contributed by atoms with van der Waals surface area (Å²) in [4.78, 5) is 31.2. The van der Waals surface area contributed by atoms with Crippen LogP contribution in [0.3, 0.4) is 0 Å². The summed E-state index contributed by atoms with van der Waals surface area (Å²) in [5.41, 5.74) is 1.66. The van der Waals surface area contributed by atoms with Crippen molar-refractivity contribution in [3.63, 3.8) is 0 Å². The first-order valence-electron chi connectivity index (χ1n) is 11.1. The number of para-hydroxylation sites is 3. The van der Waals surface area contributed by atoms with Crippen LogP contribution in [0.15, 0.2) is 54.6 Å². The van der Waals surface area contributed by atoms with Gasteiger partial charge in [-0.3, -0.25) is 9.59 Å². The number of ether oxygens (including phenoxy) is 1. The minimum Gasteiger partial charge on any atom is -0.490 e. The Hall–Kier alpha value is -3.95. The van der Waals surface area contributed by atoms with Gasteiger partial charge in [0.2, 0.25) is 17.8 Å². The van der Waals surface area contributed by atoms with E-state index in [9.17, 15) is 9.59 Å². The lowest BCUT2D eigenvalue weighted by Gasteiger charge is -2.35. The predicted octanol–water partition coefficient (Wildman–Crippen LogP) is 1.52. The number of rotatable bonds is 5. The highest BCUT2D eigenvalue weighted by Gasteiger charge is 2.27. The molecule has 0 saturated carbocycles. The first-order chi connectivity index (χ1) is 16.2. The van der Waals surface area contributed by atoms with Gasteiger partial charge in [-0.25, -0.2) is 0 Å². The summed E-state index contributed by atoms with van der Waals surface area (Å²) in [5, 5.41) is 12.1. The highest BCUT2D eigenvalue weighted by molar-refractivity contribution is 5.97. The van der Waals surface area contributed by atoms with Crippen molar-refractivity contribution in [3.8, 4) is 11.4 Å². The standard InChI is InChI=1S/C23H25N7O3/c31-21(10-11-22(32)29-16-17-33-20-9-5-4-8-19(20)29)27-12-14-28(15-13-27)23-24-25-26-30(23)18-6-2-1-3-7-18/h1-9H,10-17H2. The predicted molar refractivity (Wildman–Crippen MR) is 121 cm³/mol. The van der Waals surface area contributed by atoms with Crippen LogP contribution in [0, 0.1) is 0 Å². The molecule has 3 heterocycles. The highest BCUT2D eigenvalue weighted by atomic mass is 16.5. The van der Waals surface area contributed by atoms with E-state index >= 15 is 0 Å². The lowest BCUT2D eigenvalue weighted by Crippen LogP contribution is -2.49. The zero-order valence-corrected chi connectivity index (χ0v) is 18.2. The van der Waals surface area contributed by atoms with E-state index in [-0.39, 0.29) is 24.7 Å². The van der Waals surface area contributed by atoms with E-state index in [0.717, 1.165) is 11.4 Å². The van der Waals surface area contributed by atoms with Crippen molar-refractivity contribution in [2.24, 2.45) is 0 Å². The minimum absolute atomic E-state index is 0.00723. The number of piperazine rings is 1. The third kappa shape index (κ3) is 4.36. The summed E-state index contributed by atoms with van der Waals surface area (Å²) in [6, 6.07) is 17.2. The summed E-state index contributed by atoms with van der Waals surface area (Å²) >= 11 is 0. The molecule has 1 saturated heterocycles. The molecule has 3 aromatic rings. The molecular formula is C23H25N7O3. The smallest absolute Gasteiger partial charge is 0.250 e. The van der Waals surface area contributed by atoms with Crippen LogP contribution in [0.2, 0.25) is 0 Å². The number of nitrogens with zero attached hydrogens (tertiary/aromatic N) is 7. The van der Waals surface area contributed by atoms with Gasteiger partial charge in [-0.1, -0.05) is 35.4 Å². The molecular weight excluding hydrogens is 422 g/mol. The Labute approximate surface area is 191 Å². The lowest BCUT2D eigenvalue weighted by atomic mass is 10.2. The Morgan fingerprint density at radius 3 is 2.39 bits per heavy atom. The van der Waals surface area contributed by atoms with Crippen molar-refractivity contribution in [3.05, 3.63) is 54.6 Å². The van der Waals surface area contributed by atoms with Crippen LogP contribution in [-0.4, -0.2) is 76.3 Å². The summed E-state index contributed by atoms with van der Waals surface area (Å²) in [6.07, 6.45) is 0.375. The van der Waals surface area contributed by atoms with E-state index in [1.165, 1.54) is 0 Å². The maximum absolute atomic E-state index is 12.8. The van der Waals surface area contributed by atoms with Crippen molar-refractivity contribution >= 4 is 23.5 Å². The molecule has 0 radical (unpaired) electrons. The molecule has 170 valence electrons. The summed E-state index contributed by atoms with van der Waals surface area (Å²) in [6.45, 7) is 3.34. The van der Waals surface area contributed by atoms with Crippen LogP contribution in [0.5, 0.6) is 5.75 Å². The second-order valence-corrected chi connectivity index (χ2v) is 7.96. The van der Waals surface area contributed by atoms with Gasteiger partial charge in [0.05, 0.1) is 17.9 Å². The van der Waals surface area contributed by atoms with Gasteiger partial charge in [0.25, 0.3) is 0 Å². The van der Waals surface area contributed by atoms with E-state index < -0.39 is 0 Å². The zero-order valence-electron chi connectivity index (χ0n) is 18.2. The SMILES string of the molecule is O=C(CCC(=O)N1CCOc2ccccc21)N1CCN(c2nnnn2-c2ccccc2)CC1. The maximum atomic E-state index is 12.8. The molecule has 0 atom stereocenters. The Balaban J connectivity index is 1.15. The molecule has 10 heteroatoms. The van der Waals surface area contributed by atoms with Gasteiger partial charge in [-0.2, -0.15) is 4.68 Å². The van der Waals surface area contributed by atoms with E-state index in [4.69, 9.17) is 4.74 Å². The molecule has 2 aliphatic rings. The van der Waals surface area contributed by atoms with Gasteiger partial charge in [-0.05, 0) is 34.7 Å². The molecule has 0 N–H and O–H groups in total. The molecule has 2 amide bonds. The van der Waals surface area contributed by atoms with Crippen molar-refractivity contribution in [1.29, 1.82) is 0 Å². The molecule has 0 bridgehead atoms. The topological polar surface area (TPSA) is 96.7 Å². The Morgan fingerprint density at radius 2 is 1.58 bits per heavy atom. The second kappa shape index (κ2) is 9.27. The van der Waals surface area contributed by atoms with Crippen LogP contribution < -0.4 is 14.5 Å². The number of carbonyl (C=O) groups is 2. The third-order valence-corrected chi connectivity index (χ3v) is 5.95. The molecule has 0 spiro atoms. The van der Waals surface area contributed by atoms with E-state index in [2.05, 4.69) is 20.4 Å². The fourth-order valence-electron chi connectivity index (χ4n) is 4.21. The first kappa shape index (κ1) is 20.9. The molecule has 1 aromatic heterocycles. The Kier molecular flexibility index (Phi) is 5.88. The van der Waals surface area contributed by atoms with Gasteiger partial charge in [0.1, 0.15) is 12.4 Å². The first-order valence-corrected chi connectivity index (χ1v) is 11.1. The average molecular weight is 447 g/mol. The van der Waals surface area contributed by atoms with Crippen molar-refractivity contribution in [1.82, 2.24) is 25.1 Å². The number of amides is 2. The molecule has 2 aliphatic heterocycles. The van der Waals surface area contributed by atoms with Gasteiger partial charge in [0.15, 0.2) is 0 Å². The number of tetrazole rings is 1. The van der Waals surface area contributed by atoms with Crippen molar-refractivity contribution in [2.75, 3.05) is 49.1 Å². The lowest BCUT2D eigenvalue weighted by molar-refractivity contribution is -0.133.